The molecule has 156 valence electrons. The van der Waals surface area contributed by atoms with E-state index >= 15 is 0 Å². The Hall–Kier alpha value is -3.10. The van der Waals surface area contributed by atoms with Crippen LogP contribution in [0, 0.1) is 0 Å². The second kappa shape index (κ2) is 8.20. The number of fused-ring (bicyclic) bond motifs is 2. The predicted octanol–water partition coefficient (Wildman–Crippen LogP) is 4.39. The molecule has 2 N–H and O–H groups in total. The number of nitrogens with zero attached hydrogens (tertiary/aromatic N) is 1. The molecular weight excluding hydrogens is 430 g/mol. The van der Waals surface area contributed by atoms with Crippen LogP contribution in [0.3, 0.4) is 0 Å². The van der Waals surface area contributed by atoms with Crippen molar-refractivity contribution in [2.45, 2.75) is 28.7 Å². The van der Waals surface area contributed by atoms with E-state index in [9.17, 15) is 14.4 Å². The van der Waals surface area contributed by atoms with Gasteiger partial charge in [0.15, 0.2) is 0 Å². The molecule has 1 aromatic heterocycles. The van der Waals surface area contributed by atoms with Crippen molar-refractivity contribution >= 4 is 52.2 Å². The van der Waals surface area contributed by atoms with Crippen LogP contribution >= 0.6 is 23.1 Å². The maximum Gasteiger partial charge on any atom is 0.261 e. The van der Waals surface area contributed by atoms with Gasteiger partial charge in [0.1, 0.15) is 0 Å². The molecule has 0 atom stereocenters. The zero-order valence-corrected chi connectivity index (χ0v) is 18.1. The van der Waals surface area contributed by atoms with E-state index in [0.29, 0.717) is 16.1 Å². The van der Waals surface area contributed by atoms with Gasteiger partial charge in [-0.1, -0.05) is 30.0 Å². The third kappa shape index (κ3) is 4.08. The molecule has 3 amide bonds. The molecule has 31 heavy (non-hydrogen) atoms. The highest BCUT2D eigenvalue weighted by atomic mass is 32.2. The van der Waals surface area contributed by atoms with E-state index in [0.717, 1.165) is 28.3 Å². The van der Waals surface area contributed by atoms with Gasteiger partial charge in [-0.25, -0.2) is 0 Å². The van der Waals surface area contributed by atoms with Gasteiger partial charge in [0.05, 0.1) is 22.7 Å². The second-order valence-electron chi connectivity index (χ2n) is 7.40. The van der Waals surface area contributed by atoms with Crippen LogP contribution in [0.5, 0.6) is 0 Å². The van der Waals surface area contributed by atoms with Crippen molar-refractivity contribution in [1.29, 1.82) is 0 Å². The first-order chi connectivity index (χ1) is 15.1. The Balaban J connectivity index is 1.35. The minimum atomic E-state index is -0.306. The monoisotopic (exact) mass is 449 g/mol. The van der Waals surface area contributed by atoms with E-state index in [1.54, 1.807) is 18.2 Å². The molecule has 2 heterocycles. The summed E-state index contributed by atoms with van der Waals surface area (Å²) in [6.07, 6.45) is 2.00. The molecule has 8 heteroatoms. The fourth-order valence-corrected chi connectivity index (χ4v) is 5.26. The first-order valence-corrected chi connectivity index (χ1v) is 11.7. The molecule has 2 aromatic carbocycles. The van der Waals surface area contributed by atoms with Gasteiger partial charge in [0.2, 0.25) is 5.91 Å². The van der Waals surface area contributed by atoms with Crippen LogP contribution in [0.1, 0.15) is 32.9 Å². The summed E-state index contributed by atoms with van der Waals surface area (Å²) in [4.78, 5) is 41.9. The molecule has 1 aliphatic heterocycles. The number of thiophene rings is 1. The topological polar surface area (TPSA) is 78.5 Å². The van der Waals surface area contributed by atoms with Crippen LogP contribution in [-0.4, -0.2) is 30.3 Å². The maximum atomic E-state index is 13.2. The van der Waals surface area contributed by atoms with Crippen LogP contribution in [0.25, 0.3) is 0 Å². The summed E-state index contributed by atoms with van der Waals surface area (Å²) in [5.41, 5.74) is 2.21. The van der Waals surface area contributed by atoms with Crippen LogP contribution < -0.4 is 15.5 Å². The summed E-state index contributed by atoms with van der Waals surface area (Å²) in [5.74, 6) is -0.547. The highest BCUT2D eigenvalue weighted by Crippen LogP contribution is 2.46. The van der Waals surface area contributed by atoms with Gasteiger partial charge in [0.25, 0.3) is 11.8 Å². The first-order valence-electron chi connectivity index (χ1n) is 9.96. The Morgan fingerprint density at radius 3 is 2.65 bits per heavy atom. The number of hydrogen-bond donors (Lipinski definition) is 2. The van der Waals surface area contributed by atoms with E-state index < -0.39 is 0 Å². The Morgan fingerprint density at radius 1 is 1.03 bits per heavy atom. The molecule has 2 aliphatic rings. The van der Waals surface area contributed by atoms with Crippen LogP contribution in [0.15, 0.2) is 69.8 Å². The van der Waals surface area contributed by atoms with Crippen molar-refractivity contribution in [3.63, 3.8) is 0 Å². The lowest BCUT2D eigenvalue weighted by Crippen LogP contribution is -2.33. The quantitative estimate of drug-likeness (QED) is 0.606. The van der Waals surface area contributed by atoms with E-state index in [1.807, 2.05) is 46.7 Å². The van der Waals surface area contributed by atoms with Crippen molar-refractivity contribution in [2.75, 3.05) is 16.8 Å². The smallest absolute Gasteiger partial charge is 0.261 e. The fourth-order valence-electron chi connectivity index (χ4n) is 3.52. The largest absolute Gasteiger partial charge is 0.342 e. The molecule has 0 spiro atoms. The van der Waals surface area contributed by atoms with Gasteiger partial charge in [-0.15, -0.1) is 11.3 Å². The minimum Gasteiger partial charge on any atom is -0.342 e. The number of benzene rings is 2. The van der Waals surface area contributed by atoms with Gasteiger partial charge in [-0.05, 0) is 54.6 Å². The van der Waals surface area contributed by atoms with Crippen molar-refractivity contribution in [3.05, 3.63) is 70.4 Å². The molecule has 0 radical (unpaired) electrons. The molecule has 1 saturated carbocycles. The summed E-state index contributed by atoms with van der Waals surface area (Å²) in [6, 6.07) is 16.9. The van der Waals surface area contributed by atoms with Crippen LogP contribution in [-0.2, 0) is 4.79 Å². The molecule has 0 unspecified atom stereocenters. The van der Waals surface area contributed by atoms with E-state index in [1.165, 1.54) is 23.1 Å². The molecule has 6 nitrogen and oxygen atoms in total. The van der Waals surface area contributed by atoms with Crippen molar-refractivity contribution < 1.29 is 14.4 Å². The number of hydrogen-bond acceptors (Lipinski definition) is 5. The zero-order chi connectivity index (χ0) is 21.4. The Kier molecular flexibility index (Phi) is 5.25. The lowest BCUT2D eigenvalue weighted by atomic mass is 10.1. The van der Waals surface area contributed by atoms with Crippen molar-refractivity contribution in [2.24, 2.45) is 0 Å². The molecule has 3 aromatic rings. The number of carbonyl (C=O) groups is 3. The average molecular weight is 450 g/mol. The minimum absolute atomic E-state index is 0.0254. The zero-order valence-electron chi connectivity index (χ0n) is 16.5. The average Bonchev–Trinajstić information content (AvgIpc) is 3.47. The number of rotatable bonds is 5. The third-order valence-electron chi connectivity index (χ3n) is 5.13. The van der Waals surface area contributed by atoms with E-state index in [4.69, 9.17) is 0 Å². The molecule has 1 aliphatic carbocycles. The normalized spacial score (nSPS) is 15.0. The third-order valence-corrected chi connectivity index (χ3v) is 7.12. The fraction of sp³-hybridized carbons (Fsp3) is 0.174. The van der Waals surface area contributed by atoms with Gasteiger partial charge in [-0.3, -0.25) is 14.4 Å². The van der Waals surface area contributed by atoms with Gasteiger partial charge < -0.3 is 15.5 Å². The molecule has 0 bridgehead atoms. The first kappa shape index (κ1) is 19.8. The van der Waals surface area contributed by atoms with Crippen LogP contribution in [0.2, 0.25) is 0 Å². The number of amides is 3. The second-order valence-corrected chi connectivity index (χ2v) is 9.43. The van der Waals surface area contributed by atoms with Gasteiger partial charge >= 0.3 is 0 Å². The van der Waals surface area contributed by atoms with Crippen molar-refractivity contribution in [3.8, 4) is 0 Å². The summed E-state index contributed by atoms with van der Waals surface area (Å²) in [6.45, 7) is -0.115. The van der Waals surface area contributed by atoms with Crippen LogP contribution in [0.4, 0.5) is 11.4 Å². The lowest BCUT2D eigenvalue weighted by Gasteiger charge is -2.23. The maximum absolute atomic E-state index is 13.2. The van der Waals surface area contributed by atoms with Gasteiger partial charge in [-0.2, -0.15) is 0 Å². The molecule has 1 fully saturated rings. The van der Waals surface area contributed by atoms with Gasteiger partial charge in [0, 0.05) is 21.5 Å². The number of nitrogens with one attached hydrogen (secondary N) is 2. The highest BCUT2D eigenvalue weighted by molar-refractivity contribution is 7.99. The standard InChI is InChI=1S/C23H19N3O3S2/c27-21(13-24-22(28)19-6-3-11-30-19)25-14-7-10-17-20(12-14)31-18-5-2-1-4-16(18)23(29)26(17)15-8-9-15/h1-7,10-12,15H,8-9,13H2,(H,24,28)(H,25,27). The Bertz CT molecular complexity index is 1170. The number of carbonyl (C=O) groups excluding carboxylic acids is 3. The molecule has 5 rings (SSSR count). The number of anilines is 2. The summed E-state index contributed by atoms with van der Waals surface area (Å²) >= 11 is 2.86. The SMILES string of the molecule is O=C(CNC(=O)c1cccs1)Nc1ccc2c(c1)Sc1ccccc1C(=O)N2C1CC1. The molecule has 0 saturated heterocycles. The summed E-state index contributed by atoms with van der Waals surface area (Å²) < 4.78 is 0. The van der Waals surface area contributed by atoms with E-state index in [2.05, 4.69) is 10.6 Å². The highest BCUT2D eigenvalue weighted by Gasteiger charge is 2.38. The predicted molar refractivity (Wildman–Crippen MR) is 122 cm³/mol. The summed E-state index contributed by atoms with van der Waals surface area (Å²) in [5, 5.41) is 7.28. The van der Waals surface area contributed by atoms with E-state index in [-0.39, 0.29) is 30.3 Å². The Morgan fingerprint density at radius 2 is 1.87 bits per heavy atom. The Labute approximate surface area is 187 Å². The summed E-state index contributed by atoms with van der Waals surface area (Å²) in [7, 11) is 0. The molecular formula is C23H19N3O3S2. The van der Waals surface area contributed by atoms with Crippen molar-refractivity contribution in [1.82, 2.24) is 5.32 Å². The lowest BCUT2D eigenvalue weighted by molar-refractivity contribution is -0.115.